The van der Waals surface area contributed by atoms with Crippen LogP contribution in [0.15, 0.2) is 16.6 Å². The fourth-order valence-electron chi connectivity index (χ4n) is 1.14. The third kappa shape index (κ3) is 0.948. The summed E-state index contributed by atoms with van der Waals surface area (Å²) in [4.78, 5) is 11.0. The molecule has 0 amide bonds. The molecular weight excluding hydrogens is 227 g/mol. The molecule has 4 heteroatoms. The summed E-state index contributed by atoms with van der Waals surface area (Å²) in [5, 5.41) is 0. The monoisotopic (exact) mass is 230 g/mol. The predicted octanol–water partition coefficient (Wildman–Crippen LogP) is 2.26. The number of cyclic esters (lactones) is 1. The minimum atomic E-state index is -0.384. The first-order chi connectivity index (χ1) is 5.70. The molecule has 0 aliphatic carbocycles. The molecule has 0 fully saturated rings. The summed E-state index contributed by atoms with van der Waals surface area (Å²) in [6, 6.07) is 2.68. The van der Waals surface area contributed by atoms with Crippen LogP contribution in [0.2, 0.25) is 0 Å². The molecule has 0 unspecified atom stereocenters. The van der Waals surface area contributed by atoms with Crippen LogP contribution < -0.4 is 0 Å². The number of fused-ring (bicyclic) bond motifs is 1. The van der Waals surface area contributed by atoms with Crippen LogP contribution in [0.5, 0.6) is 0 Å². The van der Waals surface area contributed by atoms with Crippen molar-refractivity contribution in [1.29, 1.82) is 0 Å². The molecule has 1 aromatic rings. The molecule has 1 aliphatic rings. The molecule has 0 bridgehead atoms. The maximum absolute atomic E-state index is 12.9. The predicted molar refractivity (Wildman–Crippen MR) is 43.2 cm³/mol. The summed E-state index contributed by atoms with van der Waals surface area (Å²) in [7, 11) is 0. The molecular formula is C8H4BrFO2. The summed E-state index contributed by atoms with van der Waals surface area (Å²) in [5.41, 5.74) is 1.04. The quantitative estimate of drug-likeness (QED) is 0.640. The second kappa shape index (κ2) is 2.55. The largest absolute Gasteiger partial charge is 0.457 e. The number of hydrogen-bond donors (Lipinski definition) is 0. The van der Waals surface area contributed by atoms with E-state index in [2.05, 4.69) is 15.9 Å². The van der Waals surface area contributed by atoms with Gasteiger partial charge < -0.3 is 4.74 Å². The van der Waals surface area contributed by atoms with E-state index in [1.807, 2.05) is 0 Å². The van der Waals surface area contributed by atoms with Crippen molar-refractivity contribution in [2.45, 2.75) is 6.61 Å². The zero-order valence-corrected chi connectivity index (χ0v) is 7.52. The second-order valence-corrected chi connectivity index (χ2v) is 3.26. The smallest absolute Gasteiger partial charge is 0.338 e. The third-order valence-electron chi connectivity index (χ3n) is 1.76. The van der Waals surface area contributed by atoms with Crippen molar-refractivity contribution in [2.75, 3.05) is 0 Å². The van der Waals surface area contributed by atoms with E-state index < -0.39 is 0 Å². The van der Waals surface area contributed by atoms with Gasteiger partial charge in [-0.3, -0.25) is 0 Å². The molecule has 0 saturated heterocycles. The lowest BCUT2D eigenvalue weighted by atomic mass is 10.1. The van der Waals surface area contributed by atoms with E-state index in [0.29, 0.717) is 15.6 Å². The fourth-order valence-corrected chi connectivity index (χ4v) is 1.60. The van der Waals surface area contributed by atoms with Gasteiger partial charge in [0, 0.05) is 5.56 Å². The van der Waals surface area contributed by atoms with Crippen LogP contribution in [-0.2, 0) is 11.3 Å². The minimum absolute atomic E-state index is 0.159. The summed E-state index contributed by atoms with van der Waals surface area (Å²) in [6.45, 7) is 0.159. The van der Waals surface area contributed by atoms with Crippen LogP contribution >= 0.6 is 15.9 Å². The van der Waals surface area contributed by atoms with Crippen molar-refractivity contribution in [2.24, 2.45) is 0 Å². The van der Waals surface area contributed by atoms with E-state index in [4.69, 9.17) is 4.74 Å². The number of benzene rings is 1. The van der Waals surface area contributed by atoms with Crippen LogP contribution in [0.4, 0.5) is 4.39 Å². The second-order valence-electron chi connectivity index (χ2n) is 2.46. The van der Waals surface area contributed by atoms with Crippen molar-refractivity contribution in [3.63, 3.8) is 0 Å². The molecule has 1 aliphatic heterocycles. The average molecular weight is 231 g/mol. The Morgan fingerprint density at radius 2 is 2.25 bits per heavy atom. The lowest BCUT2D eigenvalue weighted by Gasteiger charge is -1.97. The molecule has 2 rings (SSSR count). The molecule has 0 atom stereocenters. The third-order valence-corrected chi connectivity index (χ3v) is 2.62. The van der Waals surface area contributed by atoms with Crippen LogP contribution in [-0.4, -0.2) is 5.97 Å². The first kappa shape index (κ1) is 7.73. The molecule has 62 valence electrons. The van der Waals surface area contributed by atoms with Crippen molar-refractivity contribution < 1.29 is 13.9 Å². The number of esters is 1. The normalized spacial score (nSPS) is 14.3. The molecule has 2 nitrogen and oxygen atoms in total. The van der Waals surface area contributed by atoms with Gasteiger partial charge >= 0.3 is 5.97 Å². The number of carbonyl (C=O) groups excluding carboxylic acids is 1. The average Bonchev–Trinajstić information content (AvgIpc) is 2.41. The maximum Gasteiger partial charge on any atom is 0.338 e. The number of carbonyl (C=O) groups is 1. The number of rotatable bonds is 0. The van der Waals surface area contributed by atoms with Crippen molar-refractivity contribution >= 4 is 21.9 Å². The van der Waals surface area contributed by atoms with Gasteiger partial charge in [0.25, 0.3) is 0 Å². The van der Waals surface area contributed by atoms with E-state index in [0.717, 1.165) is 0 Å². The summed E-state index contributed by atoms with van der Waals surface area (Å²) < 4.78 is 17.9. The Morgan fingerprint density at radius 1 is 1.50 bits per heavy atom. The van der Waals surface area contributed by atoms with Gasteiger partial charge in [-0.15, -0.1) is 0 Å². The Balaban J connectivity index is 2.68. The first-order valence-corrected chi connectivity index (χ1v) is 4.13. The maximum atomic E-state index is 12.9. The highest BCUT2D eigenvalue weighted by atomic mass is 79.9. The van der Waals surface area contributed by atoms with Gasteiger partial charge in [0.1, 0.15) is 12.4 Å². The topological polar surface area (TPSA) is 26.3 Å². The van der Waals surface area contributed by atoms with Gasteiger partial charge in [0.2, 0.25) is 0 Å². The Morgan fingerprint density at radius 3 is 3.00 bits per heavy atom. The minimum Gasteiger partial charge on any atom is -0.457 e. The SMILES string of the molecule is O=C1OCc2c1ccc(F)c2Br. The van der Waals surface area contributed by atoms with Crippen LogP contribution in [0.3, 0.4) is 0 Å². The van der Waals surface area contributed by atoms with E-state index in [-0.39, 0.29) is 18.4 Å². The molecule has 12 heavy (non-hydrogen) atoms. The lowest BCUT2D eigenvalue weighted by molar-refractivity contribution is 0.0534. The fraction of sp³-hybridized carbons (Fsp3) is 0.125. The highest BCUT2D eigenvalue weighted by molar-refractivity contribution is 9.10. The summed E-state index contributed by atoms with van der Waals surface area (Å²) in [5.74, 6) is -0.752. The van der Waals surface area contributed by atoms with Gasteiger partial charge in [-0.05, 0) is 28.1 Å². The molecule has 0 aromatic heterocycles. The van der Waals surface area contributed by atoms with E-state index >= 15 is 0 Å². The lowest BCUT2D eigenvalue weighted by Crippen LogP contribution is -1.93. The van der Waals surface area contributed by atoms with Gasteiger partial charge in [0.15, 0.2) is 0 Å². The van der Waals surface area contributed by atoms with Gasteiger partial charge in [-0.2, -0.15) is 0 Å². The molecule has 0 spiro atoms. The molecule has 0 radical (unpaired) electrons. The zero-order valence-electron chi connectivity index (χ0n) is 5.93. The number of ether oxygens (including phenoxy) is 1. The molecule has 0 saturated carbocycles. The first-order valence-electron chi connectivity index (χ1n) is 3.34. The summed E-state index contributed by atoms with van der Waals surface area (Å²) >= 11 is 3.05. The number of hydrogen-bond acceptors (Lipinski definition) is 2. The molecule has 0 N–H and O–H groups in total. The summed E-state index contributed by atoms with van der Waals surface area (Å²) in [6.07, 6.45) is 0. The van der Waals surface area contributed by atoms with Crippen LogP contribution in [0.25, 0.3) is 0 Å². The van der Waals surface area contributed by atoms with Gasteiger partial charge in [-0.1, -0.05) is 0 Å². The van der Waals surface area contributed by atoms with Gasteiger partial charge in [-0.25, -0.2) is 9.18 Å². The number of halogens is 2. The Hall–Kier alpha value is -0.900. The zero-order chi connectivity index (χ0) is 8.72. The highest BCUT2D eigenvalue weighted by Crippen LogP contribution is 2.29. The highest BCUT2D eigenvalue weighted by Gasteiger charge is 2.24. The van der Waals surface area contributed by atoms with Gasteiger partial charge in [0.05, 0.1) is 10.0 Å². The van der Waals surface area contributed by atoms with Crippen molar-refractivity contribution in [3.8, 4) is 0 Å². The van der Waals surface area contributed by atoms with Crippen molar-refractivity contribution in [3.05, 3.63) is 33.5 Å². The van der Waals surface area contributed by atoms with Crippen molar-refractivity contribution in [1.82, 2.24) is 0 Å². The Kier molecular flexibility index (Phi) is 1.65. The van der Waals surface area contributed by atoms with Crippen LogP contribution in [0, 0.1) is 5.82 Å². The standard InChI is InChI=1S/C8H4BrFO2/c9-7-5-3-12-8(11)4(5)1-2-6(7)10/h1-2H,3H2. The van der Waals surface area contributed by atoms with Crippen LogP contribution in [0.1, 0.15) is 15.9 Å². The molecule has 1 aromatic carbocycles. The van der Waals surface area contributed by atoms with E-state index in [1.54, 1.807) is 0 Å². The molecule has 1 heterocycles. The Bertz CT molecular complexity index is 362. The van der Waals surface area contributed by atoms with E-state index in [1.165, 1.54) is 12.1 Å². The van der Waals surface area contributed by atoms with E-state index in [9.17, 15) is 9.18 Å². The Labute approximate surface area is 76.5 Å².